The Labute approximate surface area is 71.2 Å². The number of hydrogen-bond donors (Lipinski definition) is 4. The SMILES string of the molecule is NN[C@@H](C=O)CCCN=C(N)N. The maximum atomic E-state index is 10.2. The van der Waals surface area contributed by atoms with E-state index in [2.05, 4.69) is 10.4 Å². The van der Waals surface area contributed by atoms with Crippen LogP contribution in [0.25, 0.3) is 0 Å². The van der Waals surface area contributed by atoms with E-state index in [1.54, 1.807) is 0 Å². The van der Waals surface area contributed by atoms with E-state index in [-0.39, 0.29) is 12.0 Å². The lowest BCUT2D eigenvalue weighted by Gasteiger charge is -2.05. The molecule has 12 heavy (non-hydrogen) atoms. The minimum absolute atomic E-state index is 0.0679. The molecule has 0 aliphatic heterocycles. The highest BCUT2D eigenvalue weighted by Gasteiger charge is 2.01. The normalized spacial score (nSPS) is 12.1. The Hall–Kier alpha value is -1.14. The van der Waals surface area contributed by atoms with E-state index in [1.807, 2.05) is 0 Å². The summed E-state index contributed by atoms with van der Waals surface area (Å²) >= 11 is 0. The van der Waals surface area contributed by atoms with Crippen LogP contribution in [-0.4, -0.2) is 24.8 Å². The summed E-state index contributed by atoms with van der Waals surface area (Å²) in [7, 11) is 0. The van der Waals surface area contributed by atoms with Gasteiger partial charge in [0.2, 0.25) is 0 Å². The summed E-state index contributed by atoms with van der Waals surface area (Å²) in [5.41, 5.74) is 12.5. The third kappa shape index (κ3) is 5.63. The van der Waals surface area contributed by atoms with Gasteiger partial charge in [-0.1, -0.05) is 0 Å². The molecule has 7 N–H and O–H groups in total. The quantitative estimate of drug-likeness (QED) is 0.0931. The number of nitrogens with two attached hydrogens (primary N) is 3. The number of nitrogens with one attached hydrogen (secondary N) is 1. The highest BCUT2D eigenvalue weighted by atomic mass is 16.1. The molecular weight excluding hydrogens is 158 g/mol. The highest BCUT2D eigenvalue weighted by molar-refractivity contribution is 5.75. The smallest absolute Gasteiger partial charge is 0.185 e. The molecule has 70 valence electrons. The molecule has 0 unspecified atom stereocenters. The van der Waals surface area contributed by atoms with E-state index in [0.717, 1.165) is 12.7 Å². The Morgan fingerprint density at radius 3 is 2.67 bits per heavy atom. The summed E-state index contributed by atoms with van der Waals surface area (Å²) in [5, 5.41) is 0. The van der Waals surface area contributed by atoms with Gasteiger partial charge in [-0.15, -0.1) is 0 Å². The van der Waals surface area contributed by atoms with Crippen molar-refractivity contribution in [3.8, 4) is 0 Å². The van der Waals surface area contributed by atoms with Crippen LogP contribution < -0.4 is 22.7 Å². The molecule has 0 amide bonds. The number of carbonyl (C=O) groups is 1. The molecule has 0 bridgehead atoms. The van der Waals surface area contributed by atoms with Gasteiger partial charge >= 0.3 is 0 Å². The van der Waals surface area contributed by atoms with Crippen LogP contribution in [0.3, 0.4) is 0 Å². The fourth-order valence-corrected chi connectivity index (χ4v) is 0.710. The number of aldehydes is 1. The summed E-state index contributed by atoms with van der Waals surface area (Å²) < 4.78 is 0. The number of rotatable bonds is 6. The van der Waals surface area contributed by atoms with Crippen LogP contribution in [0.5, 0.6) is 0 Å². The zero-order valence-corrected chi connectivity index (χ0v) is 6.86. The number of guanidine groups is 1. The zero-order valence-electron chi connectivity index (χ0n) is 6.86. The van der Waals surface area contributed by atoms with E-state index >= 15 is 0 Å². The van der Waals surface area contributed by atoms with E-state index in [0.29, 0.717) is 13.0 Å². The molecule has 6 nitrogen and oxygen atoms in total. The molecule has 0 aliphatic rings. The first-order valence-electron chi connectivity index (χ1n) is 3.67. The minimum Gasteiger partial charge on any atom is -0.370 e. The Morgan fingerprint density at radius 2 is 2.25 bits per heavy atom. The molecule has 0 saturated heterocycles. The summed E-state index contributed by atoms with van der Waals surface area (Å²) in [6.07, 6.45) is 2.12. The molecule has 6 heteroatoms. The van der Waals surface area contributed by atoms with Crippen molar-refractivity contribution in [3.63, 3.8) is 0 Å². The molecule has 0 radical (unpaired) electrons. The van der Waals surface area contributed by atoms with Gasteiger partial charge in [-0.2, -0.15) is 0 Å². The Morgan fingerprint density at radius 1 is 1.58 bits per heavy atom. The second-order valence-electron chi connectivity index (χ2n) is 2.36. The molecule has 0 saturated carbocycles. The van der Waals surface area contributed by atoms with Crippen molar-refractivity contribution in [2.45, 2.75) is 18.9 Å². The predicted octanol–water partition coefficient (Wildman–Crippen LogP) is -1.93. The third-order valence-electron chi connectivity index (χ3n) is 1.35. The second kappa shape index (κ2) is 6.56. The van der Waals surface area contributed by atoms with Gasteiger partial charge in [-0.3, -0.25) is 16.3 Å². The van der Waals surface area contributed by atoms with Crippen LogP contribution >= 0.6 is 0 Å². The highest BCUT2D eigenvalue weighted by Crippen LogP contribution is 1.93. The van der Waals surface area contributed by atoms with Crippen molar-refractivity contribution < 1.29 is 4.79 Å². The van der Waals surface area contributed by atoms with Gasteiger partial charge in [0.1, 0.15) is 6.29 Å². The Kier molecular flexibility index (Phi) is 5.94. The average molecular weight is 173 g/mol. The van der Waals surface area contributed by atoms with Crippen LogP contribution in [0.15, 0.2) is 4.99 Å². The number of aliphatic imine (C=N–C) groups is 1. The summed E-state index contributed by atoms with van der Waals surface area (Å²) in [6.45, 7) is 0.522. The molecular formula is C6H15N5O. The van der Waals surface area contributed by atoms with Crippen molar-refractivity contribution in [3.05, 3.63) is 0 Å². The summed E-state index contributed by atoms with van der Waals surface area (Å²) in [4.78, 5) is 14.0. The molecule has 0 rings (SSSR count). The number of hydrazine groups is 1. The first-order chi connectivity index (χ1) is 5.70. The maximum absolute atomic E-state index is 10.2. The fraction of sp³-hybridized carbons (Fsp3) is 0.667. The summed E-state index contributed by atoms with van der Waals surface area (Å²) in [5.74, 6) is 5.13. The Balaban J connectivity index is 3.41. The van der Waals surface area contributed by atoms with Crippen LogP contribution in [0.1, 0.15) is 12.8 Å². The lowest BCUT2D eigenvalue weighted by Crippen LogP contribution is -2.36. The lowest BCUT2D eigenvalue weighted by atomic mass is 10.2. The molecule has 0 aromatic carbocycles. The third-order valence-corrected chi connectivity index (χ3v) is 1.35. The van der Waals surface area contributed by atoms with Crippen molar-refractivity contribution in [2.75, 3.05) is 6.54 Å². The standard InChI is InChI=1S/C6H15N5O/c7-6(8)10-3-1-2-5(4-12)11-9/h4-5,11H,1-3,9H2,(H4,7,8,10)/t5-/m1/s1. The number of nitrogens with zero attached hydrogens (tertiary/aromatic N) is 1. The van der Waals surface area contributed by atoms with Crippen LogP contribution in [0.2, 0.25) is 0 Å². The minimum atomic E-state index is -0.306. The Bertz CT molecular complexity index is 154. The molecule has 0 aromatic rings. The van der Waals surface area contributed by atoms with Crippen molar-refractivity contribution in [1.29, 1.82) is 0 Å². The van der Waals surface area contributed by atoms with E-state index in [4.69, 9.17) is 17.3 Å². The van der Waals surface area contributed by atoms with E-state index < -0.39 is 0 Å². The van der Waals surface area contributed by atoms with Gasteiger partial charge in [0.05, 0.1) is 6.04 Å². The van der Waals surface area contributed by atoms with Crippen LogP contribution in [-0.2, 0) is 4.79 Å². The van der Waals surface area contributed by atoms with Crippen molar-refractivity contribution >= 4 is 12.2 Å². The van der Waals surface area contributed by atoms with Crippen LogP contribution in [0.4, 0.5) is 0 Å². The van der Waals surface area contributed by atoms with E-state index in [9.17, 15) is 4.79 Å². The fourth-order valence-electron chi connectivity index (χ4n) is 0.710. The van der Waals surface area contributed by atoms with Crippen LogP contribution in [0, 0.1) is 0 Å². The van der Waals surface area contributed by atoms with Gasteiger partial charge in [-0.05, 0) is 12.8 Å². The zero-order chi connectivity index (χ0) is 9.40. The lowest BCUT2D eigenvalue weighted by molar-refractivity contribution is -0.109. The van der Waals surface area contributed by atoms with Crippen molar-refractivity contribution in [1.82, 2.24) is 5.43 Å². The van der Waals surface area contributed by atoms with Gasteiger partial charge in [0, 0.05) is 6.54 Å². The van der Waals surface area contributed by atoms with Gasteiger partial charge in [0.25, 0.3) is 0 Å². The van der Waals surface area contributed by atoms with Gasteiger partial charge in [0.15, 0.2) is 5.96 Å². The van der Waals surface area contributed by atoms with Gasteiger partial charge in [-0.25, -0.2) is 0 Å². The molecule has 0 aromatic heterocycles. The predicted molar refractivity (Wildman–Crippen MR) is 47.1 cm³/mol. The van der Waals surface area contributed by atoms with Gasteiger partial charge < -0.3 is 16.3 Å². The maximum Gasteiger partial charge on any atom is 0.185 e. The first kappa shape index (κ1) is 10.9. The molecule has 0 spiro atoms. The van der Waals surface area contributed by atoms with E-state index in [1.165, 1.54) is 0 Å². The second-order valence-corrected chi connectivity index (χ2v) is 2.36. The first-order valence-corrected chi connectivity index (χ1v) is 3.67. The molecule has 0 heterocycles. The molecule has 0 fully saturated rings. The topological polar surface area (TPSA) is 120 Å². The largest absolute Gasteiger partial charge is 0.370 e. The monoisotopic (exact) mass is 173 g/mol. The average Bonchev–Trinajstić information content (AvgIpc) is 2.04. The molecule has 0 aliphatic carbocycles. The summed E-state index contributed by atoms with van der Waals surface area (Å²) in [6, 6.07) is -0.306. The van der Waals surface area contributed by atoms with Crippen molar-refractivity contribution in [2.24, 2.45) is 22.3 Å². The molecule has 1 atom stereocenters. The number of hydrogen-bond acceptors (Lipinski definition) is 4. The number of carbonyl (C=O) groups excluding carboxylic acids is 1.